The number of imidazole rings is 1. The van der Waals surface area contributed by atoms with Crippen LogP contribution in [0.5, 0.6) is 0 Å². The van der Waals surface area contributed by atoms with Gasteiger partial charge < -0.3 is 24.1 Å². The van der Waals surface area contributed by atoms with Crippen LogP contribution in [-0.2, 0) is 24.9 Å². The van der Waals surface area contributed by atoms with Crippen molar-refractivity contribution in [2.24, 2.45) is 0 Å². The molecule has 0 bridgehead atoms. The predicted octanol–water partition coefficient (Wildman–Crippen LogP) is 3.56. The maximum Gasteiger partial charge on any atom is 0.359 e. The molecule has 3 atom stereocenters. The molecule has 2 N–H and O–H groups in total. The molecule has 0 unspecified atom stereocenters. The quantitative estimate of drug-likeness (QED) is 0.518. The second kappa shape index (κ2) is 8.20. The molecule has 0 radical (unpaired) electrons. The first-order valence-corrected chi connectivity index (χ1v) is 11.0. The standard InChI is InChI=1S/C16H24ClFN5O4P/c1-8(2)26-28(24,27-9(3)4)12-5-10(18)11(25-12)6-23-7-20-13-14(17)21-16(19)22-15(13)23/h7-12H,5-6H2,1-4H3,(H2,19,21,22)/t10-,11+,12-/m0/s1. The largest absolute Gasteiger partial charge is 0.368 e. The average molecular weight is 436 g/mol. The second-order valence-electron chi connectivity index (χ2n) is 7.17. The van der Waals surface area contributed by atoms with Crippen LogP contribution in [0.1, 0.15) is 34.1 Å². The van der Waals surface area contributed by atoms with Crippen molar-refractivity contribution in [3.63, 3.8) is 0 Å². The normalized spacial score (nSPS) is 23.4. The third-order valence-corrected chi connectivity index (χ3v) is 6.78. The number of alkyl halides is 1. The molecule has 9 nitrogen and oxygen atoms in total. The van der Waals surface area contributed by atoms with Crippen LogP contribution in [-0.4, -0.2) is 49.8 Å². The Morgan fingerprint density at radius 1 is 1.36 bits per heavy atom. The fourth-order valence-corrected chi connectivity index (χ4v) is 5.53. The van der Waals surface area contributed by atoms with Crippen LogP contribution in [0.25, 0.3) is 11.2 Å². The lowest BCUT2D eigenvalue weighted by Gasteiger charge is -2.27. The minimum atomic E-state index is -3.66. The average Bonchev–Trinajstić information content (AvgIpc) is 3.11. The van der Waals surface area contributed by atoms with E-state index in [0.29, 0.717) is 11.2 Å². The van der Waals surface area contributed by atoms with Crippen molar-refractivity contribution in [1.29, 1.82) is 0 Å². The predicted molar refractivity (Wildman–Crippen MR) is 103 cm³/mol. The number of fused-ring (bicyclic) bond motifs is 1. The van der Waals surface area contributed by atoms with Gasteiger partial charge in [-0.2, -0.15) is 9.97 Å². The zero-order valence-corrected chi connectivity index (χ0v) is 17.7. The summed E-state index contributed by atoms with van der Waals surface area (Å²) in [6.45, 7) is 7.04. The van der Waals surface area contributed by atoms with Gasteiger partial charge in [-0.05, 0) is 27.7 Å². The van der Waals surface area contributed by atoms with Crippen LogP contribution in [0.3, 0.4) is 0 Å². The lowest BCUT2D eigenvalue weighted by molar-refractivity contribution is 0.0254. The minimum absolute atomic E-state index is 0.0126. The van der Waals surface area contributed by atoms with E-state index < -0.39 is 25.7 Å². The van der Waals surface area contributed by atoms with E-state index in [9.17, 15) is 8.96 Å². The molecule has 1 aliphatic rings. The van der Waals surface area contributed by atoms with E-state index in [4.69, 9.17) is 31.1 Å². The summed E-state index contributed by atoms with van der Waals surface area (Å²) in [5.74, 6) is -1.00. The first-order chi connectivity index (χ1) is 13.1. The SMILES string of the molecule is CC(C)OP(=O)(OC(C)C)[C@H]1C[C@H](F)[C@@H](Cn2cnc3c(Cl)nc(N)nc32)O1. The number of ether oxygens (including phenoxy) is 1. The molecule has 0 aromatic carbocycles. The highest BCUT2D eigenvalue weighted by Crippen LogP contribution is 2.59. The maximum atomic E-state index is 14.7. The van der Waals surface area contributed by atoms with E-state index >= 15 is 0 Å². The van der Waals surface area contributed by atoms with Crippen molar-refractivity contribution >= 4 is 36.3 Å². The zero-order valence-electron chi connectivity index (χ0n) is 16.1. The van der Waals surface area contributed by atoms with Crippen molar-refractivity contribution in [2.45, 2.75) is 71.0 Å². The number of hydrogen-bond donors (Lipinski definition) is 1. The van der Waals surface area contributed by atoms with Gasteiger partial charge in [-0.1, -0.05) is 11.6 Å². The van der Waals surface area contributed by atoms with Gasteiger partial charge in [0.1, 0.15) is 17.8 Å². The Morgan fingerprint density at radius 3 is 2.61 bits per heavy atom. The Labute approximate surface area is 167 Å². The first kappa shape index (κ1) is 21.4. The van der Waals surface area contributed by atoms with Gasteiger partial charge >= 0.3 is 7.60 Å². The van der Waals surface area contributed by atoms with Crippen LogP contribution in [0.2, 0.25) is 5.15 Å². The molecule has 28 heavy (non-hydrogen) atoms. The Kier molecular flexibility index (Phi) is 6.26. The number of anilines is 1. The fraction of sp³-hybridized carbons (Fsp3) is 0.688. The Balaban J connectivity index is 1.81. The third kappa shape index (κ3) is 4.46. The summed E-state index contributed by atoms with van der Waals surface area (Å²) in [6.07, 6.45) is -1.59. The van der Waals surface area contributed by atoms with Crippen molar-refractivity contribution < 1.29 is 22.7 Å². The Morgan fingerprint density at radius 2 is 2.00 bits per heavy atom. The number of nitrogens with two attached hydrogens (primary N) is 1. The molecule has 3 heterocycles. The summed E-state index contributed by atoms with van der Waals surface area (Å²) in [7, 11) is -3.66. The van der Waals surface area contributed by atoms with Crippen molar-refractivity contribution in [3.05, 3.63) is 11.5 Å². The summed E-state index contributed by atoms with van der Waals surface area (Å²) in [5, 5.41) is 0.114. The summed E-state index contributed by atoms with van der Waals surface area (Å²) in [4.78, 5) is 12.1. The van der Waals surface area contributed by atoms with Gasteiger partial charge in [-0.15, -0.1) is 0 Å². The van der Waals surface area contributed by atoms with E-state index in [1.165, 1.54) is 6.33 Å². The van der Waals surface area contributed by atoms with Crippen LogP contribution in [0, 0.1) is 0 Å². The molecule has 1 aliphatic heterocycles. The number of nitrogen functional groups attached to an aromatic ring is 1. The summed E-state index contributed by atoms with van der Waals surface area (Å²) < 4.78 is 46.4. The minimum Gasteiger partial charge on any atom is -0.368 e. The molecular formula is C16H24ClFN5O4P. The van der Waals surface area contributed by atoms with Gasteiger partial charge in [0.2, 0.25) is 5.95 Å². The molecule has 0 amide bonds. The maximum absolute atomic E-state index is 14.7. The topological polar surface area (TPSA) is 114 Å². The Hall–Kier alpha value is -1.32. The fourth-order valence-electron chi connectivity index (χ4n) is 3.05. The van der Waals surface area contributed by atoms with Gasteiger partial charge in [0.05, 0.1) is 25.1 Å². The van der Waals surface area contributed by atoms with E-state index in [1.54, 1.807) is 32.3 Å². The monoisotopic (exact) mass is 435 g/mol. The molecule has 12 heteroatoms. The summed E-state index contributed by atoms with van der Waals surface area (Å²) >= 11 is 6.02. The van der Waals surface area contributed by atoms with E-state index in [0.717, 1.165) is 0 Å². The van der Waals surface area contributed by atoms with Crippen LogP contribution < -0.4 is 5.73 Å². The molecule has 1 saturated heterocycles. The lowest BCUT2D eigenvalue weighted by Crippen LogP contribution is -2.24. The van der Waals surface area contributed by atoms with E-state index in [2.05, 4.69) is 15.0 Å². The number of hydrogen-bond acceptors (Lipinski definition) is 8. The van der Waals surface area contributed by atoms with Crippen molar-refractivity contribution in [3.8, 4) is 0 Å². The highest BCUT2D eigenvalue weighted by Gasteiger charge is 2.48. The summed E-state index contributed by atoms with van der Waals surface area (Å²) in [5.41, 5.74) is 6.37. The zero-order chi connectivity index (χ0) is 20.6. The van der Waals surface area contributed by atoms with E-state index in [-0.39, 0.29) is 36.3 Å². The van der Waals surface area contributed by atoms with Gasteiger partial charge in [0, 0.05) is 6.42 Å². The first-order valence-electron chi connectivity index (χ1n) is 8.99. The molecule has 156 valence electrons. The number of rotatable bonds is 7. The molecular weight excluding hydrogens is 412 g/mol. The van der Waals surface area contributed by atoms with Crippen LogP contribution in [0.15, 0.2) is 6.33 Å². The number of nitrogens with zero attached hydrogens (tertiary/aromatic N) is 4. The van der Waals surface area contributed by atoms with Crippen molar-refractivity contribution in [1.82, 2.24) is 19.5 Å². The highest BCUT2D eigenvalue weighted by atomic mass is 35.5. The second-order valence-corrected chi connectivity index (χ2v) is 9.61. The molecule has 2 aromatic rings. The lowest BCUT2D eigenvalue weighted by atomic mass is 10.2. The molecule has 0 spiro atoms. The molecule has 3 rings (SSSR count). The highest BCUT2D eigenvalue weighted by molar-refractivity contribution is 7.54. The molecule has 0 saturated carbocycles. The van der Waals surface area contributed by atoms with Gasteiger partial charge in [0.15, 0.2) is 16.6 Å². The smallest absolute Gasteiger partial charge is 0.359 e. The van der Waals surface area contributed by atoms with Crippen LogP contribution >= 0.6 is 19.2 Å². The van der Waals surface area contributed by atoms with Gasteiger partial charge in [-0.3, -0.25) is 4.57 Å². The van der Waals surface area contributed by atoms with Crippen molar-refractivity contribution in [2.75, 3.05) is 5.73 Å². The molecule has 1 fully saturated rings. The van der Waals surface area contributed by atoms with Crippen LogP contribution in [0.4, 0.5) is 10.3 Å². The van der Waals surface area contributed by atoms with E-state index in [1.807, 2.05) is 0 Å². The number of aromatic nitrogens is 4. The Bertz CT molecular complexity index is 881. The number of halogens is 2. The van der Waals surface area contributed by atoms with Gasteiger partial charge in [-0.25, -0.2) is 9.37 Å². The molecule has 2 aromatic heterocycles. The molecule has 0 aliphatic carbocycles. The van der Waals surface area contributed by atoms with Gasteiger partial charge in [0.25, 0.3) is 0 Å². The third-order valence-electron chi connectivity index (χ3n) is 4.05. The summed E-state index contributed by atoms with van der Waals surface area (Å²) in [6, 6.07) is 0.